The van der Waals surface area contributed by atoms with Crippen molar-refractivity contribution in [2.24, 2.45) is 16.3 Å². The third kappa shape index (κ3) is 5.69. The first-order valence-electron chi connectivity index (χ1n) is 10.3. The van der Waals surface area contributed by atoms with Gasteiger partial charge in [0, 0.05) is 57.2 Å². The molecule has 1 saturated heterocycles. The van der Waals surface area contributed by atoms with Crippen LogP contribution >= 0.6 is 11.3 Å². The Bertz CT molecular complexity index is 622. The second kappa shape index (κ2) is 9.39. The summed E-state index contributed by atoms with van der Waals surface area (Å²) in [6.45, 7) is 12.9. The van der Waals surface area contributed by atoms with Gasteiger partial charge in [-0.15, -0.1) is 11.3 Å². The van der Waals surface area contributed by atoms with Gasteiger partial charge in [0.05, 0.1) is 6.10 Å². The van der Waals surface area contributed by atoms with Crippen LogP contribution in [0, 0.1) is 11.3 Å². The number of ether oxygens (including phenoxy) is 1. The largest absolute Gasteiger partial charge is 0.377 e. The van der Waals surface area contributed by atoms with Gasteiger partial charge in [0.25, 0.3) is 0 Å². The van der Waals surface area contributed by atoms with Gasteiger partial charge in [-0.05, 0) is 41.7 Å². The van der Waals surface area contributed by atoms with E-state index in [0.29, 0.717) is 12.0 Å². The van der Waals surface area contributed by atoms with Crippen molar-refractivity contribution in [3.8, 4) is 0 Å². The lowest BCUT2D eigenvalue weighted by atomic mass is 9.78. The van der Waals surface area contributed by atoms with Crippen LogP contribution in [0.4, 0.5) is 0 Å². The number of aliphatic imine (C=N–C) groups is 1. The molecule has 2 N–H and O–H groups in total. The smallest absolute Gasteiger partial charge is 0.191 e. The Hall–Kier alpha value is -1.11. The quantitative estimate of drug-likeness (QED) is 0.597. The fourth-order valence-corrected chi connectivity index (χ4v) is 5.18. The summed E-state index contributed by atoms with van der Waals surface area (Å²) in [7, 11) is 1.85. The van der Waals surface area contributed by atoms with Crippen LogP contribution in [-0.2, 0) is 17.7 Å². The van der Waals surface area contributed by atoms with E-state index in [1.807, 2.05) is 18.4 Å². The summed E-state index contributed by atoms with van der Waals surface area (Å²) in [5.41, 5.74) is 1.69. The minimum atomic E-state index is 0.179. The van der Waals surface area contributed by atoms with Crippen LogP contribution < -0.4 is 10.6 Å². The Kier molecular flexibility index (Phi) is 7.17. The van der Waals surface area contributed by atoms with Crippen LogP contribution in [-0.4, -0.2) is 56.8 Å². The van der Waals surface area contributed by atoms with Gasteiger partial charge in [-0.1, -0.05) is 20.8 Å². The van der Waals surface area contributed by atoms with Crippen molar-refractivity contribution in [3.05, 3.63) is 21.9 Å². The van der Waals surface area contributed by atoms with Crippen molar-refractivity contribution in [1.82, 2.24) is 15.5 Å². The highest BCUT2D eigenvalue weighted by Crippen LogP contribution is 2.33. The van der Waals surface area contributed by atoms with Gasteiger partial charge in [-0.25, -0.2) is 0 Å². The first-order valence-corrected chi connectivity index (χ1v) is 11.2. The molecule has 1 aromatic rings. The number of rotatable bonds is 5. The molecule has 0 saturated carbocycles. The van der Waals surface area contributed by atoms with E-state index in [0.717, 1.165) is 51.7 Å². The summed E-state index contributed by atoms with van der Waals surface area (Å²) in [5.74, 6) is 1.44. The Morgan fingerprint density at radius 1 is 1.37 bits per heavy atom. The number of thiophene rings is 1. The monoisotopic (exact) mass is 392 g/mol. The average molecular weight is 393 g/mol. The highest BCUT2D eigenvalue weighted by atomic mass is 32.1. The summed E-state index contributed by atoms with van der Waals surface area (Å²) in [6.07, 6.45) is 3.88. The molecule has 3 rings (SSSR count). The molecule has 0 radical (unpaired) electrons. The molecule has 1 aromatic heterocycles. The highest BCUT2D eigenvalue weighted by molar-refractivity contribution is 7.10. The van der Waals surface area contributed by atoms with Gasteiger partial charge in [0.1, 0.15) is 0 Å². The maximum atomic E-state index is 6.10. The van der Waals surface area contributed by atoms with Crippen LogP contribution in [0.25, 0.3) is 0 Å². The van der Waals surface area contributed by atoms with E-state index >= 15 is 0 Å². The maximum absolute atomic E-state index is 6.10. The van der Waals surface area contributed by atoms with Gasteiger partial charge in [0.15, 0.2) is 5.96 Å². The number of nitrogens with zero attached hydrogens (tertiary/aromatic N) is 2. The van der Waals surface area contributed by atoms with Crippen molar-refractivity contribution in [3.63, 3.8) is 0 Å². The van der Waals surface area contributed by atoms with E-state index in [4.69, 9.17) is 4.74 Å². The van der Waals surface area contributed by atoms with Crippen LogP contribution in [0.5, 0.6) is 0 Å². The second-order valence-electron chi connectivity index (χ2n) is 8.83. The number of nitrogens with one attached hydrogen (secondary N) is 2. The van der Waals surface area contributed by atoms with E-state index in [9.17, 15) is 0 Å². The van der Waals surface area contributed by atoms with Crippen LogP contribution in [0.15, 0.2) is 16.4 Å². The predicted molar refractivity (Wildman–Crippen MR) is 115 cm³/mol. The minimum Gasteiger partial charge on any atom is -0.377 e. The Morgan fingerprint density at radius 3 is 3.00 bits per heavy atom. The third-order valence-corrected chi connectivity index (χ3v) is 6.68. The Balaban J connectivity index is 1.40. The Morgan fingerprint density at radius 2 is 2.22 bits per heavy atom. The lowest BCUT2D eigenvalue weighted by Gasteiger charge is -2.40. The summed E-state index contributed by atoms with van der Waals surface area (Å²) >= 11 is 1.90. The summed E-state index contributed by atoms with van der Waals surface area (Å²) in [6, 6.07) is 2.28. The first kappa shape index (κ1) is 20.6. The molecule has 2 unspecified atom stereocenters. The van der Waals surface area contributed by atoms with E-state index in [-0.39, 0.29) is 5.41 Å². The zero-order valence-corrected chi connectivity index (χ0v) is 18.2. The fourth-order valence-electron chi connectivity index (χ4n) is 4.29. The SMILES string of the molecule is CN=C(NCCN1CCc2sccc2C1)NCC1CCCOC1C(C)(C)C. The molecule has 6 heteroatoms. The third-order valence-electron chi connectivity index (χ3n) is 5.66. The van der Waals surface area contributed by atoms with Crippen molar-refractivity contribution in [1.29, 1.82) is 0 Å². The van der Waals surface area contributed by atoms with Crippen molar-refractivity contribution >= 4 is 17.3 Å². The molecule has 152 valence electrons. The molecule has 2 aliphatic rings. The lowest BCUT2D eigenvalue weighted by Crippen LogP contribution is -2.48. The zero-order chi connectivity index (χ0) is 19.3. The van der Waals surface area contributed by atoms with Crippen molar-refractivity contribution in [2.75, 3.05) is 39.8 Å². The molecule has 1 fully saturated rings. The van der Waals surface area contributed by atoms with Crippen LogP contribution in [0.2, 0.25) is 0 Å². The van der Waals surface area contributed by atoms with Gasteiger partial charge in [-0.2, -0.15) is 0 Å². The summed E-state index contributed by atoms with van der Waals surface area (Å²) in [5, 5.41) is 9.24. The number of guanidine groups is 1. The molecule has 5 nitrogen and oxygen atoms in total. The number of fused-ring (bicyclic) bond motifs is 1. The summed E-state index contributed by atoms with van der Waals surface area (Å²) < 4.78 is 6.10. The minimum absolute atomic E-state index is 0.179. The Labute approximate surface area is 168 Å². The summed E-state index contributed by atoms with van der Waals surface area (Å²) in [4.78, 5) is 8.50. The predicted octanol–water partition coefficient (Wildman–Crippen LogP) is 3.11. The molecule has 0 aromatic carbocycles. The molecule has 0 bridgehead atoms. The fraction of sp³-hybridized carbons (Fsp3) is 0.762. The van der Waals surface area contributed by atoms with Crippen molar-refractivity contribution in [2.45, 2.75) is 52.7 Å². The van der Waals surface area contributed by atoms with Gasteiger partial charge in [0.2, 0.25) is 0 Å². The normalized spacial score (nSPS) is 24.5. The average Bonchev–Trinajstić information content (AvgIpc) is 3.12. The topological polar surface area (TPSA) is 48.9 Å². The van der Waals surface area contributed by atoms with Gasteiger partial charge >= 0.3 is 0 Å². The first-order chi connectivity index (χ1) is 13.0. The highest BCUT2D eigenvalue weighted by Gasteiger charge is 2.35. The van der Waals surface area contributed by atoms with Crippen LogP contribution in [0.1, 0.15) is 44.1 Å². The van der Waals surface area contributed by atoms with E-state index in [1.165, 1.54) is 18.4 Å². The molecule has 3 heterocycles. The van der Waals surface area contributed by atoms with E-state index < -0.39 is 0 Å². The van der Waals surface area contributed by atoms with Gasteiger partial charge in [-0.3, -0.25) is 9.89 Å². The molecular weight excluding hydrogens is 356 g/mol. The molecule has 0 amide bonds. The molecule has 2 aliphatic heterocycles. The molecule has 0 spiro atoms. The number of hydrogen-bond donors (Lipinski definition) is 2. The molecule has 2 atom stereocenters. The van der Waals surface area contributed by atoms with E-state index in [2.05, 4.69) is 52.7 Å². The molecule has 0 aliphatic carbocycles. The van der Waals surface area contributed by atoms with Gasteiger partial charge < -0.3 is 15.4 Å². The lowest BCUT2D eigenvalue weighted by molar-refractivity contribution is -0.0835. The molecular formula is C21H36N4OS. The van der Waals surface area contributed by atoms with Crippen molar-refractivity contribution < 1.29 is 4.74 Å². The van der Waals surface area contributed by atoms with E-state index in [1.54, 1.807) is 4.88 Å². The number of hydrogen-bond acceptors (Lipinski definition) is 4. The maximum Gasteiger partial charge on any atom is 0.191 e. The zero-order valence-electron chi connectivity index (χ0n) is 17.4. The standard InChI is InChI=1S/C21H36N4OS/c1-21(2,3)19-16(6-5-12-26-19)14-24-20(22-4)23-9-11-25-10-7-18-17(15-25)8-13-27-18/h8,13,16,19H,5-7,9-12,14-15H2,1-4H3,(H2,22,23,24). The second-order valence-corrected chi connectivity index (χ2v) is 9.84. The van der Waals surface area contributed by atoms with Crippen LogP contribution in [0.3, 0.4) is 0 Å². The molecule has 27 heavy (non-hydrogen) atoms.